The van der Waals surface area contributed by atoms with Gasteiger partial charge in [-0.2, -0.15) is 0 Å². The normalized spacial score (nSPS) is 11.8. The zero-order valence-corrected chi connectivity index (χ0v) is 11.9. The van der Waals surface area contributed by atoms with E-state index < -0.39 is 0 Å². The van der Waals surface area contributed by atoms with Crippen LogP contribution in [0.25, 0.3) is 0 Å². The molecule has 104 valence electrons. The lowest BCUT2D eigenvalue weighted by Crippen LogP contribution is -2.27. The summed E-state index contributed by atoms with van der Waals surface area (Å²) >= 11 is 0. The SMILES string of the molecule is C[C@H](CNC(=O)CCc1ccccc1)c1ccccc1. The summed E-state index contributed by atoms with van der Waals surface area (Å²) in [6.45, 7) is 2.82. The Morgan fingerprint density at radius 1 is 1.00 bits per heavy atom. The molecule has 0 heterocycles. The average molecular weight is 267 g/mol. The van der Waals surface area contributed by atoms with E-state index in [-0.39, 0.29) is 5.91 Å². The molecular formula is C18H21NO. The molecule has 0 spiro atoms. The maximum absolute atomic E-state index is 11.8. The van der Waals surface area contributed by atoms with Crippen molar-refractivity contribution in [2.75, 3.05) is 6.54 Å². The Kier molecular flexibility index (Phi) is 5.36. The van der Waals surface area contributed by atoms with Gasteiger partial charge in [0.2, 0.25) is 5.91 Å². The van der Waals surface area contributed by atoms with Crippen molar-refractivity contribution in [3.05, 3.63) is 71.8 Å². The van der Waals surface area contributed by atoms with E-state index >= 15 is 0 Å². The second-order valence-corrected chi connectivity index (χ2v) is 5.10. The van der Waals surface area contributed by atoms with Gasteiger partial charge >= 0.3 is 0 Å². The second kappa shape index (κ2) is 7.49. The maximum atomic E-state index is 11.8. The van der Waals surface area contributed by atoms with Crippen molar-refractivity contribution < 1.29 is 4.79 Å². The number of benzene rings is 2. The molecule has 0 aliphatic carbocycles. The summed E-state index contributed by atoms with van der Waals surface area (Å²) in [4.78, 5) is 11.8. The molecule has 0 aliphatic rings. The molecule has 0 unspecified atom stereocenters. The first-order valence-corrected chi connectivity index (χ1v) is 7.11. The molecule has 0 fully saturated rings. The Morgan fingerprint density at radius 3 is 2.25 bits per heavy atom. The first-order valence-electron chi connectivity index (χ1n) is 7.11. The van der Waals surface area contributed by atoms with Crippen LogP contribution in [0.4, 0.5) is 0 Å². The van der Waals surface area contributed by atoms with Crippen LogP contribution < -0.4 is 5.32 Å². The molecule has 0 radical (unpaired) electrons. The monoisotopic (exact) mass is 267 g/mol. The van der Waals surface area contributed by atoms with Crippen LogP contribution in [0.3, 0.4) is 0 Å². The summed E-state index contributed by atoms with van der Waals surface area (Å²) in [5, 5.41) is 3.01. The van der Waals surface area contributed by atoms with Gasteiger partial charge in [-0.25, -0.2) is 0 Å². The average Bonchev–Trinajstić information content (AvgIpc) is 2.52. The summed E-state index contributed by atoms with van der Waals surface area (Å²) in [5.41, 5.74) is 2.47. The Labute approximate surface area is 120 Å². The van der Waals surface area contributed by atoms with Gasteiger partial charge in [0.05, 0.1) is 0 Å². The lowest BCUT2D eigenvalue weighted by atomic mass is 10.0. The van der Waals surface area contributed by atoms with E-state index in [0.29, 0.717) is 18.9 Å². The highest BCUT2D eigenvalue weighted by atomic mass is 16.1. The molecule has 0 aromatic heterocycles. The van der Waals surface area contributed by atoms with Crippen molar-refractivity contribution in [2.45, 2.75) is 25.7 Å². The highest BCUT2D eigenvalue weighted by Gasteiger charge is 2.07. The van der Waals surface area contributed by atoms with Crippen LogP contribution in [0, 0.1) is 0 Å². The number of carbonyl (C=O) groups excluding carboxylic acids is 1. The van der Waals surface area contributed by atoms with Gasteiger partial charge in [-0.15, -0.1) is 0 Å². The summed E-state index contributed by atoms with van der Waals surface area (Å²) < 4.78 is 0. The molecule has 1 N–H and O–H groups in total. The molecule has 2 aromatic rings. The Morgan fingerprint density at radius 2 is 1.60 bits per heavy atom. The minimum Gasteiger partial charge on any atom is -0.355 e. The highest BCUT2D eigenvalue weighted by Crippen LogP contribution is 2.13. The van der Waals surface area contributed by atoms with Crippen LogP contribution >= 0.6 is 0 Å². The second-order valence-electron chi connectivity index (χ2n) is 5.10. The quantitative estimate of drug-likeness (QED) is 0.852. The highest BCUT2D eigenvalue weighted by molar-refractivity contribution is 5.76. The number of aryl methyl sites for hydroxylation is 1. The molecule has 1 amide bonds. The Balaban J connectivity index is 1.73. The zero-order valence-electron chi connectivity index (χ0n) is 11.9. The first kappa shape index (κ1) is 14.3. The first-order chi connectivity index (χ1) is 9.75. The van der Waals surface area contributed by atoms with Crippen LogP contribution in [0.1, 0.15) is 30.4 Å². The lowest BCUT2D eigenvalue weighted by molar-refractivity contribution is -0.121. The van der Waals surface area contributed by atoms with Gasteiger partial charge in [0.1, 0.15) is 0 Å². The molecule has 0 bridgehead atoms. The molecule has 2 nitrogen and oxygen atoms in total. The van der Waals surface area contributed by atoms with Crippen molar-refractivity contribution in [1.82, 2.24) is 5.32 Å². The summed E-state index contributed by atoms with van der Waals surface area (Å²) in [6.07, 6.45) is 1.35. The largest absolute Gasteiger partial charge is 0.355 e. The summed E-state index contributed by atoms with van der Waals surface area (Å²) in [7, 11) is 0. The van der Waals surface area contributed by atoms with Crippen LogP contribution in [-0.2, 0) is 11.2 Å². The third-order valence-corrected chi connectivity index (χ3v) is 3.46. The van der Waals surface area contributed by atoms with E-state index in [0.717, 1.165) is 6.42 Å². The zero-order chi connectivity index (χ0) is 14.2. The maximum Gasteiger partial charge on any atom is 0.220 e. The number of carbonyl (C=O) groups is 1. The molecule has 2 rings (SSSR count). The van der Waals surface area contributed by atoms with Crippen molar-refractivity contribution in [3.8, 4) is 0 Å². The lowest BCUT2D eigenvalue weighted by Gasteiger charge is -2.13. The number of rotatable bonds is 6. The van der Waals surface area contributed by atoms with Crippen LogP contribution in [0.5, 0.6) is 0 Å². The molecular weight excluding hydrogens is 246 g/mol. The molecule has 0 saturated heterocycles. The third-order valence-electron chi connectivity index (χ3n) is 3.46. The summed E-state index contributed by atoms with van der Waals surface area (Å²) in [6, 6.07) is 20.4. The van der Waals surface area contributed by atoms with Gasteiger partial charge in [0.25, 0.3) is 0 Å². The molecule has 0 aliphatic heterocycles. The van der Waals surface area contributed by atoms with Crippen LogP contribution in [0.2, 0.25) is 0 Å². The third kappa shape index (κ3) is 4.54. The fourth-order valence-corrected chi connectivity index (χ4v) is 2.16. The molecule has 20 heavy (non-hydrogen) atoms. The number of hydrogen-bond donors (Lipinski definition) is 1. The molecule has 2 heteroatoms. The molecule has 1 atom stereocenters. The van der Waals surface area contributed by atoms with E-state index in [4.69, 9.17) is 0 Å². The van der Waals surface area contributed by atoms with Gasteiger partial charge in [-0.3, -0.25) is 4.79 Å². The van der Waals surface area contributed by atoms with E-state index in [1.165, 1.54) is 11.1 Å². The van der Waals surface area contributed by atoms with Gasteiger partial charge < -0.3 is 5.32 Å². The number of nitrogens with one attached hydrogen (secondary N) is 1. The van der Waals surface area contributed by atoms with Crippen molar-refractivity contribution >= 4 is 5.91 Å². The minimum absolute atomic E-state index is 0.122. The van der Waals surface area contributed by atoms with E-state index in [1.54, 1.807) is 0 Å². The predicted molar refractivity (Wildman–Crippen MR) is 82.6 cm³/mol. The Hall–Kier alpha value is -2.09. The number of amides is 1. The van der Waals surface area contributed by atoms with Gasteiger partial charge in [-0.05, 0) is 23.5 Å². The van der Waals surface area contributed by atoms with Crippen LogP contribution in [0.15, 0.2) is 60.7 Å². The fourth-order valence-electron chi connectivity index (χ4n) is 2.16. The number of hydrogen-bond acceptors (Lipinski definition) is 1. The van der Waals surface area contributed by atoms with E-state index in [9.17, 15) is 4.79 Å². The topological polar surface area (TPSA) is 29.1 Å². The predicted octanol–water partition coefficient (Wildman–Crippen LogP) is 3.54. The van der Waals surface area contributed by atoms with Gasteiger partial charge in [-0.1, -0.05) is 67.6 Å². The Bertz CT molecular complexity index is 522. The summed E-state index contributed by atoms with van der Waals surface area (Å²) in [5.74, 6) is 0.466. The van der Waals surface area contributed by atoms with E-state index in [2.05, 4.69) is 36.5 Å². The van der Waals surface area contributed by atoms with Crippen molar-refractivity contribution in [3.63, 3.8) is 0 Å². The van der Waals surface area contributed by atoms with Gasteiger partial charge in [0.15, 0.2) is 0 Å². The minimum atomic E-state index is 0.122. The molecule has 2 aromatic carbocycles. The molecule has 0 saturated carbocycles. The van der Waals surface area contributed by atoms with Gasteiger partial charge in [0, 0.05) is 13.0 Å². The smallest absolute Gasteiger partial charge is 0.220 e. The fraction of sp³-hybridized carbons (Fsp3) is 0.278. The van der Waals surface area contributed by atoms with Crippen molar-refractivity contribution in [1.29, 1.82) is 0 Å². The van der Waals surface area contributed by atoms with Crippen LogP contribution in [-0.4, -0.2) is 12.5 Å². The standard InChI is InChI=1S/C18H21NO/c1-15(17-10-6-3-7-11-17)14-19-18(20)13-12-16-8-4-2-5-9-16/h2-11,15H,12-14H2,1H3,(H,19,20)/t15-/m1/s1. The van der Waals surface area contributed by atoms with E-state index in [1.807, 2.05) is 36.4 Å². The van der Waals surface area contributed by atoms with Crippen molar-refractivity contribution in [2.24, 2.45) is 0 Å².